The van der Waals surface area contributed by atoms with Crippen LogP contribution in [0.1, 0.15) is 71.1 Å². The molecule has 1 unspecified atom stereocenters. The molecule has 0 aliphatic carbocycles. The number of ether oxygens (including phenoxy) is 1. The number of hydrogen-bond donors (Lipinski definition) is 2. The quantitative estimate of drug-likeness (QED) is 0.618. The summed E-state index contributed by atoms with van der Waals surface area (Å²) in [5.74, 6) is 0.244. The number of benzene rings is 2. The first-order valence-electron chi connectivity index (χ1n) is 12.0. The molecule has 0 saturated carbocycles. The highest BCUT2D eigenvalue weighted by molar-refractivity contribution is 5.92. The van der Waals surface area contributed by atoms with Crippen molar-refractivity contribution < 1.29 is 14.3 Å². The van der Waals surface area contributed by atoms with Gasteiger partial charge in [-0.15, -0.1) is 0 Å². The Balaban J connectivity index is 1.65. The van der Waals surface area contributed by atoms with E-state index in [0.29, 0.717) is 12.2 Å². The maximum absolute atomic E-state index is 12.7. The van der Waals surface area contributed by atoms with E-state index in [9.17, 15) is 9.59 Å². The summed E-state index contributed by atoms with van der Waals surface area (Å²) in [6.45, 7) is 14.4. The van der Waals surface area contributed by atoms with Crippen molar-refractivity contribution in [1.82, 2.24) is 4.90 Å². The highest BCUT2D eigenvalue weighted by Crippen LogP contribution is 2.35. The molecule has 0 spiro atoms. The van der Waals surface area contributed by atoms with Crippen LogP contribution in [-0.4, -0.2) is 35.9 Å². The number of primary amides is 1. The fraction of sp³-hybridized carbons (Fsp3) is 0.500. The number of amides is 2. The molecule has 3 rings (SSSR count). The minimum Gasteiger partial charge on any atom is -0.483 e. The molecule has 0 radical (unpaired) electrons. The van der Waals surface area contributed by atoms with Crippen molar-refractivity contribution in [2.75, 3.05) is 18.5 Å². The number of carbonyl (C=O) groups is 2. The largest absolute Gasteiger partial charge is 0.483 e. The van der Waals surface area contributed by atoms with Crippen molar-refractivity contribution in [3.8, 4) is 5.75 Å². The summed E-state index contributed by atoms with van der Waals surface area (Å²) in [6, 6.07) is 13.7. The van der Waals surface area contributed by atoms with Crippen LogP contribution >= 0.6 is 0 Å². The molecule has 6 nitrogen and oxygen atoms in total. The van der Waals surface area contributed by atoms with Crippen LogP contribution < -0.4 is 15.8 Å². The van der Waals surface area contributed by atoms with Crippen LogP contribution in [0.25, 0.3) is 0 Å². The molecule has 1 fully saturated rings. The molecule has 2 aromatic carbocycles. The summed E-state index contributed by atoms with van der Waals surface area (Å²) in [5, 5.41) is 2.93. The standard InChI is InChI=1S/C28H39N3O3/c1-27(2,3)20-12-13-24(22(16-20)28(4,5)6)34-18-25(32)30-21-10-7-9-19(15-21)17-31-14-8-11-23(31)26(29)33/h7,9-10,12-13,15-16,23H,8,11,14,17-18H2,1-6H3,(H2,29,33)(H,30,32). The van der Waals surface area contributed by atoms with E-state index in [0.717, 1.165) is 36.3 Å². The van der Waals surface area contributed by atoms with E-state index in [1.807, 2.05) is 30.3 Å². The summed E-state index contributed by atoms with van der Waals surface area (Å²) in [4.78, 5) is 26.4. The Bertz CT molecular complexity index is 1030. The fourth-order valence-electron chi connectivity index (χ4n) is 4.37. The van der Waals surface area contributed by atoms with Crippen molar-refractivity contribution in [3.05, 3.63) is 59.2 Å². The number of anilines is 1. The Kier molecular flexibility index (Phi) is 7.71. The van der Waals surface area contributed by atoms with Gasteiger partial charge >= 0.3 is 0 Å². The second kappa shape index (κ2) is 10.2. The Morgan fingerprint density at radius 3 is 2.44 bits per heavy atom. The molecule has 34 heavy (non-hydrogen) atoms. The van der Waals surface area contributed by atoms with Gasteiger partial charge < -0.3 is 15.8 Å². The van der Waals surface area contributed by atoms with Gasteiger partial charge in [-0.25, -0.2) is 0 Å². The topological polar surface area (TPSA) is 84.7 Å². The lowest BCUT2D eigenvalue weighted by atomic mass is 9.80. The monoisotopic (exact) mass is 465 g/mol. The third kappa shape index (κ3) is 6.60. The normalized spacial score (nSPS) is 16.9. The Morgan fingerprint density at radius 2 is 1.79 bits per heavy atom. The predicted octanol–water partition coefficient (Wildman–Crippen LogP) is 4.75. The number of rotatable bonds is 7. The van der Waals surface area contributed by atoms with Gasteiger partial charge in [-0.1, -0.05) is 65.8 Å². The molecule has 184 valence electrons. The molecule has 0 aromatic heterocycles. The highest BCUT2D eigenvalue weighted by atomic mass is 16.5. The lowest BCUT2D eigenvalue weighted by molar-refractivity contribution is -0.122. The van der Waals surface area contributed by atoms with Crippen LogP contribution in [0.2, 0.25) is 0 Å². The van der Waals surface area contributed by atoms with Gasteiger partial charge in [-0.3, -0.25) is 14.5 Å². The summed E-state index contributed by atoms with van der Waals surface area (Å²) >= 11 is 0. The zero-order valence-corrected chi connectivity index (χ0v) is 21.4. The van der Waals surface area contributed by atoms with Gasteiger partial charge in [-0.2, -0.15) is 0 Å². The van der Waals surface area contributed by atoms with Gasteiger partial charge in [0.1, 0.15) is 5.75 Å². The van der Waals surface area contributed by atoms with Crippen LogP contribution in [0.4, 0.5) is 5.69 Å². The number of likely N-dealkylation sites (tertiary alicyclic amines) is 1. The first-order valence-corrected chi connectivity index (χ1v) is 12.0. The molecule has 1 heterocycles. The first kappa shape index (κ1) is 25.8. The zero-order chi connectivity index (χ0) is 25.1. The predicted molar refractivity (Wildman–Crippen MR) is 137 cm³/mol. The molecule has 3 N–H and O–H groups in total. The van der Waals surface area contributed by atoms with Crippen molar-refractivity contribution >= 4 is 17.5 Å². The zero-order valence-electron chi connectivity index (χ0n) is 21.4. The van der Waals surface area contributed by atoms with Gasteiger partial charge in [0.05, 0.1) is 6.04 Å². The van der Waals surface area contributed by atoms with Crippen LogP contribution in [0, 0.1) is 0 Å². The van der Waals surface area contributed by atoms with Crippen molar-refractivity contribution in [3.63, 3.8) is 0 Å². The van der Waals surface area contributed by atoms with Crippen LogP contribution in [0.5, 0.6) is 5.75 Å². The molecule has 1 saturated heterocycles. The number of carbonyl (C=O) groups excluding carboxylic acids is 2. The second-order valence-corrected chi connectivity index (χ2v) is 11.3. The average Bonchev–Trinajstić information content (AvgIpc) is 3.19. The smallest absolute Gasteiger partial charge is 0.262 e. The van der Waals surface area contributed by atoms with Crippen molar-refractivity contribution in [1.29, 1.82) is 0 Å². The Morgan fingerprint density at radius 1 is 1.06 bits per heavy atom. The van der Waals surface area contributed by atoms with Crippen LogP contribution in [-0.2, 0) is 27.0 Å². The maximum Gasteiger partial charge on any atom is 0.262 e. The first-order chi connectivity index (χ1) is 15.8. The lowest BCUT2D eigenvalue weighted by Gasteiger charge is -2.27. The summed E-state index contributed by atoms with van der Waals surface area (Å²) < 4.78 is 5.97. The third-order valence-corrected chi connectivity index (χ3v) is 6.30. The Hall–Kier alpha value is -2.86. The fourth-order valence-corrected chi connectivity index (χ4v) is 4.37. The van der Waals surface area contributed by atoms with Crippen LogP contribution in [0.15, 0.2) is 42.5 Å². The van der Waals surface area contributed by atoms with Gasteiger partial charge in [0, 0.05) is 12.2 Å². The molecule has 6 heteroatoms. The van der Waals surface area contributed by atoms with E-state index in [-0.39, 0.29) is 35.3 Å². The van der Waals surface area contributed by atoms with Crippen molar-refractivity contribution in [2.24, 2.45) is 5.73 Å². The van der Waals surface area contributed by atoms with E-state index in [2.05, 4.69) is 63.9 Å². The third-order valence-electron chi connectivity index (χ3n) is 6.30. The van der Waals surface area contributed by atoms with E-state index < -0.39 is 0 Å². The maximum atomic E-state index is 12.7. The number of nitrogens with zero attached hydrogens (tertiary/aromatic N) is 1. The Labute approximate surface area is 203 Å². The lowest BCUT2D eigenvalue weighted by Crippen LogP contribution is -2.39. The molecule has 1 aliphatic heterocycles. The molecule has 2 aromatic rings. The summed E-state index contributed by atoms with van der Waals surface area (Å²) in [5.41, 5.74) is 9.52. The van der Waals surface area contributed by atoms with Crippen LogP contribution in [0.3, 0.4) is 0 Å². The van der Waals surface area contributed by atoms with E-state index in [1.165, 1.54) is 5.56 Å². The summed E-state index contributed by atoms with van der Waals surface area (Å²) in [6.07, 6.45) is 1.77. The molecule has 1 aliphatic rings. The number of hydrogen-bond acceptors (Lipinski definition) is 4. The average molecular weight is 466 g/mol. The molecule has 1 atom stereocenters. The number of nitrogens with one attached hydrogen (secondary N) is 1. The molecule has 0 bridgehead atoms. The van der Waals surface area contributed by atoms with Gasteiger partial charge in [0.15, 0.2) is 6.61 Å². The molecule has 2 amide bonds. The highest BCUT2D eigenvalue weighted by Gasteiger charge is 2.29. The van der Waals surface area contributed by atoms with Gasteiger partial charge in [0.25, 0.3) is 5.91 Å². The second-order valence-electron chi connectivity index (χ2n) is 11.3. The summed E-state index contributed by atoms with van der Waals surface area (Å²) in [7, 11) is 0. The van der Waals surface area contributed by atoms with Crippen molar-refractivity contribution in [2.45, 2.75) is 77.8 Å². The minimum absolute atomic E-state index is 0.0352. The molecular weight excluding hydrogens is 426 g/mol. The van der Waals surface area contributed by atoms with E-state index in [1.54, 1.807) is 0 Å². The molecular formula is C28H39N3O3. The van der Waals surface area contributed by atoms with E-state index in [4.69, 9.17) is 10.5 Å². The SMILES string of the molecule is CC(C)(C)c1ccc(OCC(=O)Nc2cccc(CN3CCCC3C(N)=O)c2)c(C(C)(C)C)c1. The number of nitrogens with two attached hydrogens (primary N) is 1. The van der Waals surface area contributed by atoms with E-state index >= 15 is 0 Å². The van der Waals surface area contributed by atoms with Gasteiger partial charge in [-0.05, 0) is 65.1 Å². The van der Waals surface area contributed by atoms with Gasteiger partial charge in [0.2, 0.25) is 5.91 Å². The minimum atomic E-state index is -0.274.